The molecule has 4 atom stereocenters. The Balaban J connectivity index is 2.32. The highest BCUT2D eigenvalue weighted by Gasteiger charge is 2.43. The second-order valence-electron chi connectivity index (χ2n) is 3.74. The van der Waals surface area contributed by atoms with E-state index in [9.17, 15) is 15.0 Å². The second kappa shape index (κ2) is 4.61. The van der Waals surface area contributed by atoms with Crippen molar-refractivity contribution >= 4 is 17.4 Å². The largest absolute Gasteiger partial charge is 0.387 e. The topological polar surface area (TPSA) is 111 Å². The van der Waals surface area contributed by atoms with Crippen LogP contribution in [-0.2, 0) is 4.74 Å². The lowest BCUT2D eigenvalue weighted by Crippen LogP contribution is -2.35. The van der Waals surface area contributed by atoms with Gasteiger partial charge in [0.15, 0.2) is 6.23 Å². The van der Waals surface area contributed by atoms with E-state index in [-0.39, 0.29) is 11.7 Å². The van der Waals surface area contributed by atoms with Crippen LogP contribution in [0.3, 0.4) is 0 Å². The smallest absolute Gasteiger partial charge is 0.351 e. The maximum Gasteiger partial charge on any atom is 0.351 e. The van der Waals surface area contributed by atoms with Crippen molar-refractivity contribution in [3.8, 4) is 0 Å². The van der Waals surface area contributed by atoms with Crippen molar-refractivity contribution in [2.75, 3.05) is 11.6 Å². The fraction of sp³-hybridized carbons (Fsp3) is 0.556. The standard InChI is InChI=1S/C9H12ClN3O4/c10-3-4-6(14)7(15)8(17-4)13-2-1-5(11)12-9(13)16/h1-2,4,6-8,14-15H,3H2,(H2,11,12,16)/t4-,6+,7-,8+/m0/s1. The van der Waals surface area contributed by atoms with Crippen molar-refractivity contribution in [3.05, 3.63) is 22.7 Å². The van der Waals surface area contributed by atoms with E-state index in [1.54, 1.807) is 0 Å². The number of hydrogen-bond donors (Lipinski definition) is 3. The summed E-state index contributed by atoms with van der Waals surface area (Å²) in [5.74, 6) is 0.0967. The molecule has 7 nitrogen and oxygen atoms in total. The zero-order chi connectivity index (χ0) is 12.6. The highest BCUT2D eigenvalue weighted by Crippen LogP contribution is 2.28. The summed E-state index contributed by atoms with van der Waals surface area (Å²) in [6.45, 7) is 0. The van der Waals surface area contributed by atoms with E-state index in [1.807, 2.05) is 0 Å². The first-order valence-corrected chi connectivity index (χ1v) is 5.50. The fourth-order valence-electron chi connectivity index (χ4n) is 1.71. The Morgan fingerprint density at radius 3 is 2.76 bits per heavy atom. The van der Waals surface area contributed by atoms with Gasteiger partial charge in [0.05, 0.1) is 5.88 Å². The molecule has 0 spiro atoms. The lowest BCUT2D eigenvalue weighted by Gasteiger charge is -2.16. The fourth-order valence-corrected chi connectivity index (χ4v) is 1.96. The molecule has 1 saturated heterocycles. The Morgan fingerprint density at radius 2 is 2.24 bits per heavy atom. The van der Waals surface area contributed by atoms with Crippen LogP contribution in [0.2, 0.25) is 0 Å². The number of rotatable bonds is 2. The van der Waals surface area contributed by atoms with Crippen LogP contribution >= 0.6 is 11.6 Å². The molecule has 0 amide bonds. The summed E-state index contributed by atoms with van der Waals surface area (Å²) in [7, 11) is 0. The number of aromatic nitrogens is 2. The van der Waals surface area contributed by atoms with Gasteiger partial charge in [0.25, 0.3) is 0 Å². The third-order valence-corrected chi connectivity index (χ3v) is 2.92. The Kier molecular flexibility index (Phi) is 3.34. The lowest BCUT2D eigenvalue weighted by molar-refractivity contribution is -0.0342. The molecule has 1 aromatic rings. The number of nitrogen functional groups attached to an aromatic ring is 1. The molecule has 2 heterocycles. The van der Waals surface area contributed by atoms with Crippen LogP contribution in [0.25, 0.3) is 0 Å². The minimum atomic E-state index is -1.23. The quantitative estimate of drug-likeness (QED) is 0.570. The molecule has 0 aromatic carbocycles. The summed E-state index contributed by atoms with van der Waals surface area (Å²) in [5, 5.41) is 19.4. The minimum Gasteiger partial charge on any atom is -0.387 e. The van der Waals surface area contributed by atoms with E-state index in [2.05, 4.69) is 4.98 Å². The SMILES string of the molecule is Nc1ccn([C@@H]2O[C@@H](CCl)[C@@H](O)[C@@H]2O)c(=O)n1. The van der Waals surface area contributed by atoms with Crippen molar-refractivity contribution in [2.45, 2.75) is 24.5 Å². The Labute approximate surface area is 101 Å². The van der Waals surface area contributed by atoms with Crippen molar-refractivity contribution in [3.63, 3.8) is 0 Å². The van der Waals surface area contributed by atoms with E-state index in [4.69, 9.17) is 22.1 Å². The summed E-state index contributed by atoms with van der Waals surface area (Å²) in [6.07, 6.45) is -2.75. The number of nitrogens with two attached hydrogens (primary N) is 1. The second-order valence-corrected chi connectivity index (χ2v) is 4.05. The average molecular weight is 262 g/mol. The predicted molar refractivity (Wildman–Crippen MR) is 59.6 cm³/mol. The number of nitrogens with zero attached hydrogens (tertiary/aromatic N) is 2. The summed E-state index contributed by atoms with van der Waals surface area (Å²) >= 11 is 5.57. The first kappa shape index (κ1) is 12.3. The molecule has 0 unspecified atom stereocenters. The van der Waals surface area contributed by atoms with Crippen molar-refractivity contribution in [1.29, 1.82) is 0 Å². The first-order chi connectivity index (χ1) is 8.04. The molecule has 2 rings (SSSR count). The summed E-state index contributed by atoms with van der Waals surface area (Å²) in [5.41, 5.74) is 4.69. The molecule has 1 aliphatic rings. The van der Waals surface area contributed by atoms with Gasteiger partial charge in [0, 0.05) is 6.20 Å². The maximum atomic E-state index is 11.5. The summed E-state index contributed by atoms with van der Waals surface area (Å²) < 4.78 is 6.36. The van der Waals surface area contributed by atoms with Gasteiger partial charge in [-0.15, -0.1) is 11.6 Å². The highest BCUT2D eigenvalue weighted by atomic mass is 35.5. The molecule has 1 aromatic heterocycles. The van der Waals surface area contributed by atoms with E-state index in [0.29, 0.717) is 0 Å². The molecule has 0 bridgehead atoms. The molecule has 0 radical (unpaired) electrons. The van der Waals surface area contributed by atoms with Gasteiger partial charge >= 0.3 is 5.69 Å². The Bertz CT molecular complexity index is 466. The molecule has 8 heteroatoms. The molecular formula is C9H12ClN3O4. The molecule has 0 saturated carbocycles. The molecule has 17 heavy (non-hydrogen) atoms. The van der Waals surface area contributed by atoms with Crippen LogP contribution in [0.5, 0.6) is 0 Å². The molecular weight excluding hydrogens is 250 g/mol. The molecule has 1 aliphatic heterocycles. The Morgan fingerprint density at radius 1 is 1.53 bits per heavy atom. The molecule has 1 fully saturated rings. The van der Waals surface area contributed by atoms with Gasteiger partial charge in [-0.2, -0.15) is 4.98 Å². The number of anilines is 1. The zero-order valence-electron chi connectivity index (χ0n) is 8.73. The Hall–Kier alpha value is -1.15. The average Bonchev–Trinajstić information content (AvgIpc) is 2.57. The van der Waals surface area contributed by atoms with Gasteiger partial charge in [-0.25, -0.2) is 4.79 Å². The summed E-state index contributed by atoms with van der Waals surface area (Å²) in [6, 6.07) is 1.40. The van der Waals surface area contributed by atoms with Gasteiger partial charge in [0.1, 0.15) is 24.1 Å². The lowest BCUT2D eigenvalue weighted by atomic mass is 10.1. The molecule has 94 valence electrons. The minimum absolute atomic E-state index is 0.0197. The van der Waals surface area contributed by atoms with Gasteiger partial charge in [-0.05, 0) is 6.07 Å². The van der Waals surface area contributed by atoms with Gasteiger partial charge in [0.2, 0.25) is 0 Å². The van der Waals surface area contributed by atoms with E-state index in [0.717, 1.165) is 4.57 Å². The van der Waals surface area contributed by atoms with Crippen LogP contribution in [0.1, 0.15) is 6.23 Å². The number of hydrogen-bond acceptors (Lipinski definition) is 6. The van der Waals surface area contributed by atoms with Gasteiger partial charge in [-0.1, -0.05) is 0 Å². The monoisotopic (exact) mass is 261 g/mol. The van der Waals surface area contributed by atoms with E-state index in [1.165, 1.54) is 12.3 Å². The highest BCUT2D eigenvalue weighted by molar-refractivity contribution is 6.18. The van der Waals surface area contributed by atoms with E-state index < -0.39 is 30.2 Å². The van der Waals surface area contributed by atoms with Gasteiger partial charge < -0.3 is 20.7 Å². The van der Waals surface area contributed by atoms with Crippen molar-refractivity contribution < 1.29 is 14.9 Å². The number of aliphatic hydroxyl groups is 2. The van der Waals surface area contributed by atoms with Crippen molar-refractivity contribution in [1.82, 2.24) is 9.55 Å². The van der Waals surface area contributed by atoms with Crippen LogP contribution < -0.4 is 11.4 Å². The van der Waals surface area contributed by atoms with Crippen molar-refractivity contribution in [2.24, 2.45) is 0 Å². The van der Waals surface area contributed by atoms with Crippen LogP contribution in [-0.4, -0.2) is 44.0 Å². The molecule has 0 aliphatic carbocycles. The van der Waals surface area contributed by atoms with Gasteiger partial charge in [-0.3, -0.25) is 4.57 Å². The summed E-state index contributed by atoms with van der Waals surface area (Å²) in [4.78, 5) is 15.0. The predicted octanol–water partition coefficient (Wildman–Crippen LogP) is -1.32. The number of aliphatic hydroxyl groups excluding tert-OH is 2. The number of ether oxygens (including phenoxy) is 1. The zero-order valence-corrected chi connectivity index (χ0v) is 9.49. The number of halogens is 1. The van der Waals surface area contributed by atoms with Crippen LogP contribution in [0.15, 0.2) is 17.1 Å². The number of alkyl halides is 1. The van der Waals surface area contributed by atoms with Crippen LogP contribution in [0, 0.1) is 0 Å². The maximum absolute atomic E-state index is 11.5. The normalized spacial score (nSPS) is 32.9. The third kappa shape index (κ3) is 2.14. The van der Waals surface area contributed by atoms with Crippen LogP contribution in [0.4, 0.5) is 5.82 Å². The van der Waals surface area contributed by atoms with E-state index >= 15 is 0 Å². The molecule has 4 N–H and O–H groups in total. The third-order valence-electron chi connectivity index (χ3n) is 2.61. The first-order valence-electron chi connectivity index (χ1n) is 4.97.